The maximum absolute atomic E-state index is 5.26. The first kappa shape index (κ1) is 14.8. The number of hydrogen-bond donors (Lipinski definition) is 5. The van der Waals surface area contributed by atoms with E-state index in [0.717, 1.165) is 58.9 Å². The molecule has 0 spiro atoms. The first-order valence-corrected chi connectivity index (χ1v) is 5.94. The SMILES string of the molecule is C1CNCCN1.CCNCCNCCN. The molecule has 1 fully saturated rings. The Bertz CT molecular complexity index is 88.5. The molecular weight excluding hydrogens is 190 g/mol. The van der Waals surface area contributed by atoms with Crippen LogP contribution in [0.25, 0.3) is 0 Å². The fourth-order valence-electron chi connectivity index (χ4n) is 1.18. The summed E-state index contributed by atoms with van der Waals surface area (Å²) in [5.41, 5.74) is 5.26. The normalized spacial score (nSPS) is 15.6. The topological polar surface area (TPSA) is 74.1 Å². The minimum atomic E-state index is 0.728. The summed E-state index contributed by atoms with van der Waals surface area (Å²) < 4.78 is 0. The van der Waals surface area contributed by atoms with E-state index in [1.807, 2.05) is 0 Å². The lowest BCUT2D eigenvalue weighted by atomic mass is 10.4. The highest BCUT2D eigenvalue weighted by Gasteiger charge is 1.91. The van der Waals surface area contributed by atoms with E-state index in [1.54, 1.807) is 0 Å². The molecule has 92 valence electrons. The predicted octanol–water partition coefficient (Wildman–Crippen LogP) is -1.68. The van der Waals surface area contributed by atoms with Gasteiger partial charge >= 0.3 is 0 Å². The molecule has 0 unspecified atom stereocenters. The molecule has 5 heteroatoms. The van der Waals surface area contributed by atoms with Crippen molar-refractivity contribution in [3.05, 3.63) is 0 Å². The van der Waals surface area contributed by atoms with Gasteiger partial charge in [-0.3, -0.25) is 0 Å². The van der Waals surface area contributed by atoms with Gasteiger partial charge < -0.3 is 27.0 Å². The van der Waals surface area contributed by atoms with Crippen LogP contribution in [0.2, 0.25) is 0 Å². The van der Waals surface area contributed by atoms with E-state index in [-0.39, 0.29) is 0 Å². The number of likely N-dealkylation sites (N-methyl/N-ethyl adjacent to an activating group) is 1. The van der Waals surface area contributed by atoms with Gasteiger partial charge in [-0.2, -0.15) is 0 Å². The first-order chi connectivity index (χ1) is 7.41. The van der Waals surface area contributed by atoms with Crippen LogP contribution in [0.15, 0.2) is 0 Å². The highest BCUT2D eigenvalue weighted by molar-refractivity contribution is 4.59. The number of nitrogens with one attached hydrogen (secondary N) is 4. The van der Waals surface area contributed by atoms with Crippen LogP contribution in [0, 0.1) is 0 Å². The molecule has 0 aromatic rings. The monoisotopic (exact) mass is 217 g/mol. The molecule has 1 rings (SSSR count). The van der Waals surface area contributed by atoms with Gasteiger partial charge in [0.2, 0.25) is 0 Å². The maximum Gasteiger partial charge on any atom is 0.00772 e. The van der Waals surface area contributed by atoms with Gasteiger partial charge in [-0.15, -0.1) is 0 Å². The standard InChI is InChI=1S/C6H17N3.C4H10N2/c1-2-8-5-6-9-4-3-7;1-2-6-4-3-5-1/h8-9H,2-7H2,1H3;5-6H,1-4H2. The average molecular weight is 217 g/mol. The van der Waals surface area contributed by atoms with Gasteiger partial charge in [-0.25, -0.2) is 0 Å². The Kier molecular flexibility index (Phi) is 13.6. The molecule has 0 bridgehead atoms. The Labute approximate surface area is 93.6 Å². The zero-order valence-corrected chi connectivity index (χ0v) is 9.94. The second-order valence-electron chi connectivity index (χ2n) is 3.39. The van der Waals surface area contributed by atoms with Crippen LogP contribution >= 0.6 is 0 Å². The van der Waals surface area contributed by atoms with Crippen LogP contribution in [0.5, 0.6) is 0 Å². The van der Waals surface area contributed by atoms with Crippen LogP contribution in [0.1, 0.15) is 6.92 Å². The molecule has 0 atom stereocenters. The zero-order valence-electron chi connectivity index (χ0n) is 9.94. The summed E-state index contributed by atoms with van der Waals surface area (Å²) in [6, 6.07) is 0. The van der Waals surface area contributed by atoms with Gasteiger partial charge in [-0.1, -0.05) is 6.92 Å². The Morgan fingerprint density at radius 2 is 1.47 bits per heavy atom. The summed E-state index contributed by atoms with van der Waals surface area (Å²) >= 11 is 0. The summed E-state index contributed by atoms with van der Waals surface area (Å²) in [4.78, 5) is 0. The lowest BCUT2D eigenvalue weighted by Crippen LogP contribution is -2.39. The smallest absolute Gasteiger partial charge is 0.00772 e. The van der Waals surface area contributed by atoms with Crippen LogP contribution in [0.4, 0.5) is 0 Å². The molecule has 0 amide bonds. The summed E-state index contributed by atoms with van der Waals surface area (Å²) in [6.07, 6.45) is 0. The minimum Gasteiger partial charge on any atom is -0.329 e. The Morgan fingerprint density at radius 1 is 0.933 bits per heavy atom. The van der Waals surface area contributed by atoms with E-state index in [9.17, 15) is 0 Å². The third kappa shape index (κ3) is 13.8. The van der Waals surface area contributed by atoms with Crippen molar-refractivity contribution in [1.82, 2.24) is 21.3 Å². The number of hydrogen-bond acceptors (Lipinski definition) is 5. The van der Waals surface area contributed by atoms with Crippen LogP contribution in [0.3, 0.4) is 0 Å². The molecule has 1 heterocycles. The molecule has 0 aromatic heterocycles. The van der Waals surface area contributed by atoms with Crippen molar-refractivity contribution < 1.29 is 0 Å². The van der Waals surface area contributed by atoms with Crippen molar-refractivity contribution in [2.24, 2.45) is 5.73 Å². The number of rotatable bonds is 6. The van der Waals surface area contributed by atoms with Crippen molar-refractivity contribution in [3.63, 3.8) is 0 Å². The molecule has 1 saturated heterocycles. The van der Waals surface area contributed by atoms with Crippen molar-refractivity contribution in [3.8, 4) is 0 Å². The summed E-state index contributed by atoms with van der Waals surface area (Å²) in [7, 11) is 0. The quantitative estimate of drug-likeness (QED) is 0.344. The molecule has 6 N–H and O–H groups in total. The average Bonchev–Trinajstić information content (AvgIpc) is 2.32. The van der Waals surface area contributed by atoms with Crippen molar-refractivity contribution in [2.75, 3.05) is 58.9 Å². The lowest BCUT2D eigenvalue weighted by Gasteiger charge is -2.11. The molecule has 0 saturated carbocycles. The molecule has 0 aliphatic carbocycles. The van der Waals surface area contributed by atoms with Gasteiger partial charge in [0.15, 0.2) is 0 Å². The van der Waals surface area contributed by atoms with E-state index < -0.39 is 0 Å². The largest absolute Gasteiger partial charge is 0.329 e. The van der Waals surface area contributed by atoms with E-state index in [1.165, 1.54) is 0 Å². The van der Waals surface area contributed by atoms with Gasteiger partial charge in [0.25, 0.3) is 0 Å². The number of nitrogens with two attached hydrogens (primary N) is 1. The summed E-state index contributed by atoms with van der Waals surface area (Å²) in [5, 5.41) is 12.8. The second-order valence-corrected chi connectivity index (χ2v) is 3.39. The van der Waals surface area contributed by atoms with Gasteiger partial charge in [-0.05, 0) is 6.54 Å². The molecule has 5 nitrogen and oxygen atoms in total. The van der Waals surface area contributed by atoms with Gasteiger partial charge in [0, 0.05) is 52.4 Å². The second kappa shape index (κ2) is 13.8. The van der Waals surface area contributed by atoms with Crippen LogP contribution in [-0.4, -0.2) is 58.9 Å². The van der Waals surface area contributed by atoms with E-state index in [4.69, 9.17) is 5.73 Å². The van der Waals surface area contributed by atoms with Crippen LogP contribution < -0.4 is 27.0 Å². The van der Waals surface area contributed by atoms with Crippen molar-refractivity contribution in [2.45, 2.75) is 6.92 Å². The number of piperazine rings is 1. The van der Waals surface area contributed by atoms with E-state index in [0.29, 0.717) is 0 Å². The van der Waals surface area contributed by atoms with Gasteiger partial charge in [0.1, 0.15) is 0 Å². The molecule has 0 aromatic carbocycles. The third-order valence-corrected chi connectivity index (χ3v) is 2.01. The molecular formula is C10H27N5. The lowest BCUT2D eigenvalue weighted by molar-refractivity contribution is 0.534. The highest BCUT2D eigenvalue weighted by atomic mass is 15.0. The Balaban J connectivity index is 0.000000280. The molecule has 0 radical (unpaired) electrons. The molecule has 15 heavy (non-hydrogen) atoms. The third-order valence-electron chi connectivity index (χ3n) is 2.01. The van der Waals surface area contributed by atoms with Crippen molar-refractivity contribution >= 4 is 0 Å². The van der Waals surface area contributed by atoms with Crippen molar-refractivity contribution in [1.29, 1.82) is 0 Å². The first-order valence-electron chi connectivity index (χ1n) is 5.94. The van der Waals surface area contributed by atoms with E-state index >= 15 is 0 Å². The maximum atomic E-state index is 5.26. The minimum absolute atomic E-state index is 0.728. The zero-order chi connectivity index (χ0) is 11.2. The molecule has 1 aliphatic rings. The summed E-state index contributed by atoms with van der Waals surface area (Å²) in [6.45, 7) is 11.4. The predicted molar refractivity (Wildman–Crippen MR) is 66.2 cm³/mol. The Morgan fingerprint density at radius 3 is 1.87 bits per heavy atom. The van der Waals surface area contributed by atoms with Gasteiger partial charge in [0.05, 0.1) is 0 Å². The molecule has 1 aliphatic heterocycles. The van der Waals surface area contributed by atoms with Crippen LogP contribution in [-0.2, 0) is 0 Å². The fourth-order valence-corrected chi connectivity index (χ4v) is 1.18. The van der Waals surface area contributed by atoms with E-state index in [2.05, 4.69) is 28.2 Å². The Hall–Kier alpha value is -0.200. The summed E-state index contributed by atoms with van der Waals surface area (Å²) in [5.74, 6) is 0. The highest BCUT2D eigenvalue weighted by Crippen LogP contribution is 1.65. The fraction of sp³-hybridized carbons (Fsp3) is 1.00.